The molecule has 0 unspecified atom stereocenters. The van der Waals surface area contributed by atoms with Crippen molar-refractivity contribution in [1.82, 2.24) is 0 Å². The van der Waals surface area contributed by atoms with Crippen molar-refractivity contribution in [2.75, 3.05) is 14.2 Å². The van der Waals surface area contributed by atoms with Crippen molar-refractivity contribution in [3.05, 3.63) is 12.2 Å². The monoisotopic (exact) mass is 268 g/mol. The van der Waals surface area contributed by atoms with Crippen LogP contribution in [0.15, 0.2) is 12.2 Å². The Hall–Kier alpha value is -1.32. The second kappa shape index (κ2) is 7.97. The Kier molecular flexibility index (Phi) is 6.60. The fourth-order valence-electron chi connectivity index (χ4n) is 2.85. The molecule has 0 spiro atoms. The maximum absolute atomic E-state index is 11.9. The Morgan fingerprint density at radius 1 is 1.16 bits per heavy atom. The lowest BCUT2D eigenvalue weighted by molar-refractivity contribution is -0.163. The van der Waals surface area contributed by atoms with Gasteiger partial charge in [-0.1, -0.05) is 31.9 Å². The Labute approximate surface area is 115 Å². The Balaban J connectivity index is 2.92. The largest absolute Gasteiger partial charge is 0.468 e. The van der Waals surface area contributed by atoms with Gasteiger partial charge < -0.3 is 9.47 Å². The molecular weight excluding hydrogens is 244 g/mol. The van der Waals surface area contributed by atoms with Gasteiger partial charge in [0.1, 0.15) is 0 Å². The highest BCUT2D eigenvalue weighted by Gasteiger charge is 2.41. The van der Waals surface area contributed by atoms with Crippen LogP contribution in [0.5, 0.6) is 0 Å². The number of allylic oxidation sites excluding steroid dienone is 2. The Morgan fingerprint density at radius 2 is 1.74 bits per heavy atom. The van der Waals surface area contributed by atoms with E-state index < -0.39 is 17.9 Å². The molecule has 0 N–H and O–H groups in total. The van der Waals surface area contributed by atoms with Gasteiger partial charge in [-0.3, -0.25) is 9.59 Å². The fraction of sp³-hybridized carbons (Fsp3) is 0.733. The van der Waals surface area contributed by atoms with Crippen LogP contribution in [0, 0.1) is 17.8 Å². The maximum atomic E-state index is 11.9. The highest BCUT2D eigenvalue weighted by Crippen LogP contribution is 2.37. The quantitative estimate of drug-likeness (QED) is 0.437. The van der Waals surface area contributed by atoms with Crippen LogP contribution in [0.1, 0.15) is 39.0 Å². The third kappa shape index (κ3) is 4.08. The Morgan fingerprint density at radius 3 is 2.26 bits per heavy atom. The zero-order chi connectivity index (χ0) is 14.3. The predicted molar refractivity (Wildman–Crippen MR) is 72.4 cm³/mol. The Bertz CT molecular complexity index is 319. The molecule has 1 fully saturated rings. The number of hydrogen-bond acceptors (Lipinski definition) is 4. The summed E-state index contributed by atoms with van der Waals surface area (Å²) in [7, 11) is 2.63. The first-order chi connectivity index (χ1) is 9.15. The van der Waals surface area contributed by atoms with Gasteiger partial charge in [-0.15, -0.1) is 0 Å². The van der Waals surface area contributed by atoms with Gasteiger partial charge in [0.15, 0.2) is 5.92 Å². The number of ether oxygens (including phenoxy) is 2. The van der Waals surface area contributed by atoms with E-state index in [-0.39, 0.29) is 11.8 Å². The molecule has 0 aromatic heterocycles. The molecule has 1 rings (SSSR count). The molecule has 1 aliphatic carbocycles. The number of hydrogen-bond donors (Lipinski definition) is 0. The first-order valence-corrected chi connectivity index (χ1v) is 6.98. The average Bonchev–Trinajstić information content (AvgIpc) is 2.45. The van der Waals surface area contributed by atoms with Crippen LogP contribution in [0.25, 0.3) is 0 Å². The topological polar surface area (TPSA) is 52.6 Å². The molecule has 4 heteroatoms. The van der Waals surface area contributed by atoms with E-state index in [1.165, 1.54) is 14.2 Å². The SMILES string of the molecule is CC/C=C/[C@@H]1CCCC[C@H]1C(C(=O)OC)C(=O)OC. The van der Waals surface area contributed by atoms with Crippen molar-refractivity contribution in [1.29, 1.82) is 0 Å². The molecule has 0 bridgehead atoms. The molecule has 19 heavy (non-hydrogen) atoms. The van der Waals surface area contributed by atoms with Crippen LogP contribution in [-0.4, -0.2) is 26.2 Å². The van der Waals surface area contributed by atoms with Gasteiger partial charge in [0.2, 0.25) is 0 Å². The molecule has 0 amide bonds. The summed E-state index contributed by atoms with van der Waals surface area (Å²) < 4.78 is 9.55. The number of carbonyl (C=O) groups excluding carboxylic acids is 2. The van der Waals surface area contributed by atoms with Crippen LogP contribution in [0.4, 0.5) is 0 Å². The summed E-state index contributed by atoms with van der Waals surface area (Å²) >= 11 is 0. The van der Waals surface area contributed by atoms with Crippen LogP contribution >= 0.6 is 0 Å². The molecule has 0 saturated heterocycles. The van der Waals surface area contributed by atoms with E-state index in [0.717, 1.165) is 32.1 Å². The molecule has 0 aromatic carbocycles. The van der Waals surface area contributed by atoms with E-state index in [1.54, 1.807) is 0 Å². The lowest BCUT2D eigenvalue weighted by Crippen LogP contribution is -2.38. The van der Waals surface area contributed by atoms with Crippen molar-refractivity contribution in [3.8, 4) is 0 Å². The number of rotatable bonds is 5. The molecule has 2 atom stereocenters. The maximum Gasteiger partial charge on any atom is 0.320 e. The molecule has 0 aromatic rings. The predicted octanol–water partition coefficient (Wildman–Crippen LogP) is 2.72. The number of methoxy groups -OCH3 is 2. The van der Waals surface area contributed by atoms with Gasteiger partial charge in [-0.05, 0) is 31.1 Å². The van der Waals surface area contributed by atoms with Crippen LogP contribution in [0.3, 0.4) is 0 Å². The minimum absolute atomic E-state index is 0.00329. The summed E-state index contributed by atoms with van der Waals surface area (Å²) in [5.41, 5.74) is 0. The van der Waals surface area contributed by atoms with Crippen LogP contribution in [-0.2, 0) is 19.1 Å². The molecule has 0 radical (unpaired) electrons. The van der Waals surface area contributed by atoms with E-state index >= 15 is 0 Å². The molecule has 1 saturated carbocycles. The summed E-state index contributed by atoms with van der Waals surface area (Å²) in [6.45, 7) is 2.08. The highest BCUT2D eigenvalue weighted by atomic mass is 16.5. The first kappa shape index (κ1) is 15.7. The second-order valence-corrected chi connectivity index (χ2v) is 4.97. The third-order valence-electron chi connectivity index (χ3n) is 3.83. The average molecular weight is 268 g/mol. The molecule has 0 aliphatic heterocycles. The molecule has 0 heterocycles. The second-order valence-electron chi connectivity index (χ2n) is 4.97. The van der Waals surface area contributed by atoms with E-state index in [1.807, 2.05) is 0 Å². The lowest BCUT2D eigenvalue weighted by atomic mass is 9.72. The van der Waals surface area contributed by atoms with Gasteiger partial charge >= 0.3 is 11.9 Å². The third-order valence-corrected chi connectivity index (χ3v) is 3.83. The van der Waals surface area contributed by atoms with Crippen molar-refractivity contribution >= 4 is 11.9 Å². The minimum atomic E-state index is -0.790. The summed E-state index contributed by atoms with van der Waals surface area (Å²) in [4.78, 5) is 23.8. The number of carbonyl (C=O) groups is 2. The molecular formula is C15H24O4. The normalized spacial score (nSPS) is 23.6. The summed E-state index contributed by atoms with van der Waals surface area (Å²) in [5, 5.41) is 0. The zero-order valence-corrected chi connectivity index (χ0v) is 12.1. The summed E-state index contributed by atoms with van der Waals surface area (Å²) in [6, 6.07) is 0. The van der Waals surface area contributed by atoms with Gasteiger partial charge in [-0.25, -0.2) is 0 Å². The number of esters is 2. The standard InChI is InChI=1S/C15H24O4/c1-4-5-8-11-9-6-7-10-12(11)13(14(16)18-2)15(17)19-3/h5,8,11-13H,4,6-7,9-10H2,1-3H3/b8-5+/t11-,12-/m1/s1. The highest BCUT2D eigenvalue weighted by molar-refractivity contribution is 5.95. The summed E-state index contributed by atoms with van der Waals surface area (Å²) in [5.74, 6) is -1.49. The van der Waals surface area contributed by atoms with Gasteiger partial charge in [-0.2, -0.15) is 0 Å². The molecule has 4 nitrogen and oxygen atoms in total. The van der Waals surface area contributed by atoms with E-state index in [2.05, 4.69) is 19.1 Å². The van der Waals surface area contributed by atoms with Crippen molar-refractivity contribution in [2.24, 2.45) is 17.8 Å². The van der Waals surface area contributed by atoms with Crippen molar-refractivity contribution < 1.29 is 19.1 Å². The van der Waals surface area contributed by atoms with Gasteiger partial charge in [0.25, 0.3) is 0 Å². The minimum Gasteiger partial charge on any atom is -0.468 e. The van der Waals surface area contributed by atoms with E-state index in [0.29, 0.717) is 0 Å². The van der Waals surface area contributed by atoms with Gasteiger partial charge in [0.05, 0.1) is 14.2 Å². The van der Waals surface area contributed by atoms with Crippen LogP contribution < -0.4 is 0 Å². The van der Waals surface area contributed by atoms with Gasteiger partial charge in [0, 0.05) is 0 Å². The summed E-state index contributed by atoms with van der Waals surface area (Å²) in [6.07, 6.45) is 9.29. The molecule has 108 valence electrons. The van der Waals surface area contributed by atoms with E-state index in [4.69, 9.17) is 9.47 Å². The van der Waals surface area contributed by atoms with Crippen molar-refractivity contribution in [3.63, 3.8) is 0 Å². The smallest absolute Gasteiger partial charge is 0.320 e. The first-order valence-electron chi connectivity index (χ1n) is 6.98. The molecule has 1 aliphatic rings. The van der Waals surface area contributed by atoms with Crippen molar-refractivity contribution in [2.45, 2.75) is 39.0 Å². The van der Waals surface area contributed by atoms with E-state index in [9.17, 15) is 9.59 Å². The lowest BCUT2D eigenvalue weighted by Gasteiger charge is -2.33. The zero-order valence-electron chi connectivity index (χ0n) is 12.1. The fourth-order valence-corrected chi connectivity index (χ4v) is 2.85. The van der Waals surface area contributed by atoms with Crippen LogP contribution in [0.2, 0.25) is 0 Å².